The minimum Gasteiger partial charge on any atom is -0.492 e. The van der Waals surface area contributed by atoms with Gasteiger partial charge in [0.15, 0.2) is 0 Å². The van der Waals surface area contributed by atoms with E-state index in [1.807, 2.05) is 13.1 Å². The minimum atomic E-state index is -0.489. The third-order valence-electron chi connectivity index (χ3n) is 2.69. The van der Waals surface area contributed by atoms with Crippen LogP contribution in [0.25, 0.3) is 0 Å². The summed E-state index contributed by atoms with van der Waals surface area (Å²) in [5.41, 5.74) is 0.817. The number of benzene rings is 1. The van der Waals surface area contributed by atoms with E-state index in [4.69, 9.17) is 16.3 Å². The van der Waals surface area contributed by atoms with E-state index in [0.29, 0.717) is 23.8 Å². The first kappa shape index (κ1) is 13.6. The number of fused-ring (bicyclic) bond motifs is 1. The van der Waals surface area contributed by atoms with Gasteiger partial charge in [-0.2, -0.15) is 0 Å². The highest BCUT2D eigenvalue weighted by Crippen LogP contribution is 2.33. The van der Waals surface area contributed by atoms with Gasteiger partial charge in [0, 0.05) is 16.6 Å². The SMILES string of the molecule is CN[C@@H]1COc2cc(Cl)ccc2[C@H](O)C1.Cl. The third-order valence-corrected chi connectivity index (χ3v) is 2.93. The van der Waals surface area contributed by atoms with Gasteiger partial charge in [-0.1, -0.05) is 17.7 Å². The first-order valence-electron chi connectivity index (χ1n) is 4.98. The standard InChI is InChI=1S/C11H14ClNO2.ClH/c1-13-8-5-10(14)9-3-2-7(12)4-11(9)15-6-8;/h2-4,8,10,13-14H,5-6H2,1H3;1H/t8-,10+;/m0./s1. The Kier molecular flexibility index (Phi) is 4.87. The van der Waals surface area contributed by atoms with Crippen molar-refractivity contribution >= 4 is 24.0 Å². The lowest BCUT2D eigenvalue weighted by atomic mass is 10.0. The van der Waals surface area contributed by atoms with Crippen molar-refractivity contribution in [2.24, 2.45) is 0 Å². The van der Waals surface area contributed by atoms with E-state index in [9.17, 15) is 5.11 Å². The average Bonchev–Trinajstić information content (AvgIpc) is 2.38. The number of aliphatic hydroxyl groups excluding tert-OH is 1. The van der Waals surface area contributed by atoms with E-state index < -0.39 is 6.10 Å². The van der Waals surface area contributed by atoms with Gasteiger partial charge in [0.05, 0.1) is 6.10 Å². The molecule has 2 rings (SSSR count). The topological polar surface area (TPSA) is 41.5 Å². The van der Waals surface area contributed by atoms with Crippen LogP contribution < -0.4 is 10.1 Å². The van der Waals surface area contributed by atoms with Gasteiger partial charge in [-0.05, 0) is 25.6 Å². The number of hydrogen-bond donors (Lipinski definition) is 2. The molecule has 5 heteroatoms. The average molecular weight is 264 g/mol. The molecule has 0 saturated carbocycles. The van der Waals surface area contributed by atoms with E-state index in [-0.39, 0.29) is 18.4 Å². The van der Waals surface area contributed by atoms with Crippen molar-refractivity contribution in [3.05, 3.63) is 28.8 Å². The number of ether oxygens (including phenoxy) is 1. The van der Waals surface area contributed by atoms with Crippen LogP contribution in [0.1, 0.15) is 18.1 Å². The molecule has 3 nitrogen and oxygen atoms in total. The molecule has 0 radical (unpaired) electrons. The van der Waals surface area contributed by atoms with Crippen molar-refractivity contribution in [1.29, 1.82) is 0 Å². The number of aliphatic hydroxyl groups is 1. The summed E-state index contributed by atoms with van der Waals surface area (Å²) in [5.74, 6) is 0.688. The second-order valence-electron chi connectivity index (χ2n) is 3.73. The zero-order valence-corrected chi connectivity index (χ0v) is 10.5. The molecule has 1 heterocycles. The van der Waals surface area contributed by atoms with Crippen LogP contribution in [0.5, 0.6) is 5.75 Å². The number of rotatable bonds is 1. The smallest absolute Gasteiger partial charge is 0.126 e. The van der Waals surface area contributed by atoms with Gasteiger partial charge in [0.25, 0.3) is 0 Å². The van der Waals surface area contributed by atoms with Crippen LogP contribution >= 0.6 is 24.0 Å². The first-order chi connectivity index (χ1) is 7.20. The van der Waals surface area contributed by atoms with Crippen molar-refractivity contribution in [3.8, 4) is 5.75 Å². The van der Waals surface area contributed by atoms with Crippen LogP contribution in [0.4, 0.5) is 0 Å². The van der Waals surface area contributed by atoms with Crippen LogP contribution in [-0.2, 0) is 0 Å². The quantitative estimate of drug-likeness (QED) is 0.816. The molecular weight excluding hydrogens is 249 g/mol. The second-order valence-corrected chi connectivity index (χ2v) is 4.17. The summed E-state index contributed by atoms with van der Waals surface area (Å²) in [4.78, 5) is 0. The molecule has 0 spiro atoms. The van der Waals surface area contributed by atoms with Gasteiger partial charge in [0.1, 0.15) is 12.4 Å². The van der Waals surface area contributed by atoms with Crippen LogP contribution in [-0.4, -0.2) is 24.8 Å². The summed E-state index contributed by atoms with van der Waals surface area (Å²) < 4.78 is 5.60. The maximum Gasteiger partial charge on any atom is 0.126 e. The Balaban J connectivity index is 0.00000128. The monoisotopic (exact) mass is 263 g/mol. The van der Waals surface area contributed by atoms with Gasteiger partial charge in [-0.25, -0.2) is 0 Å². The fourth-order valence-corrected chi connectivity index (χ4v) is 1.93. The van der Waals surface area contributed by atoms with Crippen LogP contribution in [0.15, 0.2) is 18.2 Å². The summed E-state index contributed by atoms with van der Waals surface area (Å²) in [7, 11) is 1.86. The van der Waals surface area contributed by atoms with Crippen molar-refractivity contribution < 1.29 is 9.84 Å². The van der Waals surface area contributed by atoms with Crippen molar-refractivity contribution in [2.75, 3.05) is 13.7 Å². The van der Waals surface area contributed by atoms with Crippen molar-refractivity contribution in [1.82, 2.24) is 5.32 Å². The predicted octanol–water partition coefficient (Wildman–Crippen LogP) is 2.17. The molecule has 0 fully saturated rings. The fourth-order valence-electron chi connectivity index (χ4n) is 1.76. The largest absolute Gasteiger partial charge is 0.492 e. The van der Waals surface area contributed by atoms with Crippen molar-refractivity contribution in [2.45, 2.75) is 18.6 Å². The molecule has 1 aliphatic rings. The molecule has 2 N–H and O–H groups in total. The molecule has 0 bridgehead atoms. The second kappa shape index (κ2) is 5.73. The number of hydrogen-bond acceptors (Lipinski definition) is 3. The molecule has 0 unspecified atom stereocenters. The Morgan fingerprint density at radius 2 is 2.25 bits per heavy atom. The molecule has 2 atom stereocenters. The summed E-state index contributed by atoms with van der Waals surface area (Å²) >= 11 is 5.87. The van der Waals surface area contributed by atoms with Gasteiger partial charge in [-0.3, -0.25) is 0 Å². The lowest BCUT2D eigenvalue weighted by Gasteiger charge is -2.14. The third kappa shape index (κ3) is 2.80. The summed E-state index contributed by atoms with van der Waals surface area (Å²) in [6.45, 7) is 0.556. The lowest BCUT2D eigenvalue weighted by Crippen LogP contribution is -2.31. The Morgan fingerprint density at radius 3 is 2.94 bits per heavy atom. The Hall–Kier alpha value is -0.480. The number of likely N-dealkylation sites (N-methyl/N-ethyl adjacent to an activating group) is 1. The Labute approximate surface area is 106 Å². The van der Waals surface area contributed by atoms with Crippen LogP contribution in [0.3, 0.4) is 0 Å². The van der Waals surface area contributed by atoms with Crippen molar-refractivity contribution in [3.63, 3.8) is 0 Å². The lowest BCUT2D eigenvalue weighted by molar-refractivity contribution is 0.153. The normalized spacial score (nSPS) is 23.7. The molecule has 1 aliphatic heterocycles. The highest BCUT2D eigenvalue weighted by Gasteiger charge is 2.23. The molecule has 90 valence electrons. The fraction of sp³-hybridized carbons (Fsp3) is 0.455. The molecule has 0 amide bonds. The highest BCUT2D eigenvalue weighted by atomic mass is 35.5. The Morgan fingerprint density at radius 1 is 1.50 bits per heavy atom. The molecule has 0 saturated heterocycles. The molecule has 1 aromatic rings. The molecule has 1 aromatic carbocycles. The molecule has 0 aliphatic carbocycles. The summed E-state index contributed by atoms with van der Waals surface area (Å²) in [6.07, 6.45) is 0.169. The van der Waals surface area contributed by atoms with E-state index >= 15 is 0 Å². The molecule has 0 aromatic heterocycles. The van der Waals surface area contributed by atoms with E-state index in [0.717, 1.165) is 5.56 Å². The van der Waals surface area contributed by atoms with Gasteiger partial charge in [0.2, 0.25) is 0 Å². The van der Waals surface area contributed by atoms with E-state index in [1.54, 1.807) is 12.1 Å². The zero-order valence-electron chi connectivity index (χ0n) is 8.94. The van der Waals surface area contributed by atoms with Crippen LogP contribution in [0, 0.1) is 0 Å². The highest BCUT2D eigenvalue weighted by molar-refractivity contribution is 6.30. The van der Waals surface area contributed by atoms with E-state index in [2.05, 4.69) is 5.32 Å². The van der Waals surface area contributed by atoms with E-state index in [1.165, 1.54) is 0 Å². The Bertz CT molecular complexity index is 360. The number of halogens is 2. The number of nitrogens with one attached hydrogen (secondary N) is 1. The predicted molar refractivity (Wildman–Crippen MR) is 66.6 cm³/mol. The molecular formula is C11H15Cl2NO2. The first-order valence-corrected chi connectivity index (χ1v) is 5.36. The maximum absolute atomic E-state index is 9.97. The van der Waals surface area contributed by atoms with Gasteiger partial charge >= 0.3 is 0 Å². The minimum absolute atomic E-state index is 0. The molecule has 16 heavy (non-hydrogen) atoms. The van der Waals surface area contributed by atoms with Gasteiger partial charge in [-0.15, -0.1) is 12.4 Å². The van der Waals surface area contributed by atoms with Gasteiger partial charge < -0.3 is 15.2 Å². The zero-order chi connectivity index (χ0) is 10.8. The maximum atomic E-state index is 9.97. The van der Waals surface area contributed by atoms with Crippen LogP contribution in [0.2, 0.25) is 5.02 Å². The summed E-state index contributed by atoms with van der Waals surface area (Å²) in [6, 6.07) is 5.51. The summed E-state index contributed by atoms with van der Waals surface area (Å²) in [5, 5.41) is 13.7.